The van der Waals surface area contributed by atoms with Crippen molar-refractivity contribution in [2.75, 3.05) is 11.9 Å². The third kappa shape index (κ3) is 3.06. The van der Waals surface area contributed by atoms with Gasteiger partial charge in [-0.2, -0.15) is 0 Å². The molecule has 0 radical (unpaired) electrons. The Kier molecular flexibility index (Phi) is 3.89. The van der Waals surface area contributed by atoms with Gasteiger partial charge in [0.15, 0.2) is 0 Å². The lowest BCUT2D eigenvalue weighted by atomic mass is 10.2. The molecule has 2 aromatic rings. The van der Waals surface area contributed by atoms with Crippen molar-refractivity contribution in [3.8, 4) is 0 Å². The van der Waals surface area contributed by atoms with E-state index in [1.54, 1.807) is 0 Å². The van der Waals surface area contributed by atoms with Crippen molar-refractivity contribution in [3.63, 3.8) is 0 Å². The van der Waals surface area contributed by atoms with Crippen LogP contribution in [0.4, 0.5) is 14.5 Å². The first-order chi connectivity index (χ1) is 10.1. The highest BCUT2D eigenvalue weighted by molar-refractivity contribution is 7.13. The van der Waals surface area contributed by atoms with Crippen LogP contribution < -0.4 is 10.6 Å². The molecule has 1 aliphatic rings. The van der Waals surface area contributed by atoms with Gasteiger partial charge >= 0.3 is 0 Å². The number of hydrogen-bond acceptors (Lipinski definition) is 5. The van der Waals surface area contributed by atoms with Crippen LogP contribution in [0.3, 0.4) is 0 Å². The first kappa shape index (κ1) is 14.0. The van der Waals surface area contributed by atoms with E-state index in [0.29, 0.717) is 6.07 Å². The van der Waals surface area contributed by atoms with Crippen LogP contribution in [0.5, 0.6) is 0 Å². The average molecular weight is 310 g/mol. The summed E-state index contributed by atoms with van der Waals surface area (Å²) in [6.45, 7) is 0.923. The molecule has 0 spiro atoms. The maximum absolute atomic E-state index is 13.5. The van der Waals surface area contributed by atoms with Gasteiger partial charge in [0.1, 0.15) is 16.6 Å². The highest BCUT2D eigenvalue weighted by atomic mass is 32.1. The minimum atomic E-state index is -0.828. The molecule has 110 valence electrons. The second-order valence-corrected chi connectivity index (χ2v) is 5.68. The van der Waals surface area contributed by atoms with Crippen molar-refractivity contribution < 1.29 is 13.6 Å². The smallest absolute Gasteiger partial charge is 0.286 e. The molecule has 21 heavy (non-hydrogen) atoms. The fourth-order valence-electron chi connectivity index (χ4n) is 2.13. The summed E-state index contributed by atoms with van der Waals surface area (Å²) in [6.07, 6.45) is 2.02. The van der Waals surface area contributed by atoms with Crippen LogP contribution in [0.25, 0.3) is 0 Å². The van der Waals surface area contributed by atoms with Crippen LogP contribution in [0.2, 0.25) is 0 Å². The molecule has 0 aliphatic carbocycles. The monoisotopic (exact) mass is 310 g/mol. The van der Waals surface area contributed by atoms with E-state index in [1.165, 1.54) is 17.4 Å². The number of aromatic nitrogens is 2. The molecule has 1 fully saturated rings. The predicted molar refractivity (Wildman–Crippen MR) is 74.2 cm³/mol. The molecular formula is C13H12F2N4OS. The van der Waals surface area contributed by atoms with Crippen LogP contribution in [0.1, 0.15) is 33.7 Å². The third-order valence-electron chi connectivity index (χ3n) is 3.17. The molecule has 2 N–H and O–H groups in total. The Labute approximate surface area is 123 Å². The summed E-state index contributed by atoms with van der Waals surface area (Å²) in [7, 11) is 0. The van der Waals surface area contributed by atoms with Gasteiger partial charge in [0, 0.05) is 6.07 Å². The normalized spacial score (nSPS) is 17.9. The maximum Gasteiger partial charge on any atom is 0.286 e. The molecule has 0 unspecified atom stereocenters. The van der Waals surface area contributed by atoms with Crippen molar-refractivity contribution in [2.45, 2.75) is 18.9 Å². The molecule has 1 atom stereocenters. The minimum absolute atomic E-state index is 0.0860. The Morgan fingerprint density at radius 2 is 2.24 bits per heavy atom. The molecule has 0 saturated carbocycles. The first-order valence-corrected chi connectivity index (χ1v) is 7.28. The summed E-state index contributed by atoms with van der Waals surface area (Å²) >= 11 is 1.17. The van der Waals surface area contributed by atoms with Crippen molar-refractivity contribution in [3.05, 3.63) is 39.8 Å². The van der Waals surface area contributed by atoms with Crippen LogP contribution in [-0.2, 0) is 0 Å². The van der Waals surface area contributed by atoms with Crippen molar-refractivity contribution in [1.29, 1.82) is 0 Å². The molecule has 3 rings (SSSR count). The van der Waals surface area contributed by atoms with Crippen molar-refractivity contribution in [2.24, 2.45) is 0 Å². The zero-order chi connectivity index (χ0) is 14.8. The molecule has 1 aromatic heterocycles. The number of anilines is 1. The summed E-state index contributed by atoms with van der Waals surface area (Å²) in [4.78, 5) is 12.0. The number of hydrogen-bond donors (Lipinski definition) is 2. The Bertz CT molecular complexity index is 670. The van der Waals surface area contributed by atoms with Gasteiger partial charge in [-0.05, 0) is 31.5 Å². The quantitative estimate of drug-likeness (QED) is 0.914. The Morgan fingerprint density at radius 3 is 2.95 bits per heavy atom. The third-order valence-corrected chi connectivity index (χ3v) is 4.21. The average Bonchev–Trinajstić information content (AvgIpc) is 3.10. The molecule has 1 amide bonds. The molecule has 2 heterocycles. The van der Waals surface area contributed by atoms with E-state index in [-0.39, 0.29) is 16.7 Å². The molecule has 5 nitrogen and oxygen atoms in total. The van der Waals surface area contributed by atoms with Crippen LogP contribution in [0, 0.1) is 11.6 Å². The second-order valence-electron chi connectivity index (χ2n) is 4.67. The molecule has 8 heteroatoms. The highest BCUT2D eigenvalue weighted by Crippen LogP contribution is 2.26. The van der Waals surface area contributed by atoms with Crippen molar-refractivity contribution >= 4 is 22.9 Å². The van der Waals surface area contributed by atoms with Gasteiger partial charge in [-0.1, -0.05) is 11.3 Å². The van der Waals surface area contributed by atoms with E-state index in [2.05, 4.69) is 20.8 Å². The fourth-order valence-corrected chi connectivity index (χ4v) is 2.98. The lowest BCUT2D eigenvalue weighted by Crippen LogP contribution is -2.13. The number of nitrogens with one attached hydrogen (secondary N) is 2. The van der Waals surface area contributed by atoms with Gasteiger partial charge in [0.2, 0.25) is 5.01 Å². The number of amides is 1. The van der Waals surface area contributed by atoms with Crippen molar-refractivity contribution in [1.82, 2.24) is 15.5 Å². The Hall–Kier alpha value is -1.93. The van der Waals surface area contributed by atoms with Gasteiger partial charge in [-0.15, -0.1) is 10.2 Å². The van der Waals surface area contributed by atoms with E-state index in [9.17, 15) is 13.6 Å². The second kappa shape index (κ2) is 5.82. The van der Waals surface area contributed by atoms with E-state index < -0.39 is 17.5 Å². The Balaban J connectivity index is 1.73. The number of benzene rings is 1. The van der Waals surface area contributed by atoms with E-state index >= 15 is 0 Å². The predicted octanol–water partition coefficient (Wildman–Crippen LogP) is 2.49. The number of carbonyl (C=O) groups is 1. The van der Waals surface area contributed by atoms with Gasteiger partial charge < -0.3 is 10.6 Å². The number of halogens is 2. The number of carbonyl (C=O) groups excluding carboxylic acids is 1. The summed E-state index contributed by atoms with van der Waals surface area (Å²) in [6, 6.07) is 3.09. The van der Waals surface area contributed by atoms with E-state index in [0.717, 1.165) is 30.5 Å². The SMILES string of the molecule is O=C(Nc1ccc(F)cc1F)c1nnc([C@H]2CCCN2)s1. The molecule has 1 saturated heterocycles. The topological polar surface area (TPSA) is 66.9 Å². The van der Waals surface area contributed by atoms with Gasteiger partial charge in [-0.25, -0.2) is 8.78 Å². The van der Waals surface area contributed by atoms with Crippen LogP contribution in [0.15, 0.2) is 18.2 Å². The zero-order valence-corrected chi connectivity index (χ0v) is 11.7. The summed E-state index contributed by atoms with van der Waals surface area (Å²) in [5.41, 5.74) is -0.0860. The molecule has 0 bridgehead atoms. The first-order valence-electron chi connectivity index (χ1n) is 6.46. The summed E-state index contributed by atoms with van der Waals surface area (Å²) in [5, 5.41) is 14.3. The largest absolute Gasteiger partial charge is 0.317 e. The van der Waals surface area contributed by atoms with Crippen LogP contribution in [-0.4, -0.2) is 22.6 Å². The zero-order valence-electron chi connectivity index (χ0n) is 10.9. The molecular weight excluding hydrogens is 298 g/mol. The number of rotatable bonds is 3. The fraction of sp³-hybridized carbons (Fsp3) is 0.308. The molecule has 1 aliphatic heterocycles. The lowest BCUT2D eigenvalue weighted by molar-refractivity contribution is 0.102. The minimum Gasteiger partial charge on any atom is -0.317 e. The van der Waals surface area contributed by atoms with Gasteiger partial charge in [-0.3, -0.25) is 4.79 Å². The number of nitrogens with zero attached hydrogens (tertiary/aromatic N) is 2. The highest BCUT2D eigenvalue weighted by Gasteiger charge is 2.22. The standard InChI is InChI=1S/C13H12F2N4OS/c14-7-3-4-9(8(15)6-7)17-11(20)13-19-18-12(21-13)10-2-1-5-16-10/h3-4,6,10,16H,1-2,5H2,(H,17,20)/t10-/m1/s1. The van der Waals surface area contributed by atoms with E-state index in [1.807, 2.05) is 0 Å². The van der Waals surface area contributed by atoms with Crippen LogP contribution >= 0.6 is 11.3 Å². The van der Waals surface area contributed by atoms with Gasteiger partial charge in [0.05, 0.1) is 11.7 Å². The summed E-state index contributed by atoms with van der Waals surface area (Å²) < 4.78 is 26.3. The maximum atomic E-state index is 13.5. The van der Waals surface area contributed by atoms with Gasteiger partial charge in [0.25, 0.3) is 5.91 Å². The lowest BCUT2D eigenvalue weighted by Gasteiger charge is -2.04. The van der Waals surface area contributed by atoms with E-state index in [4.69, 9.17) is 0 Å². The summed E-state index contributed by atoms with van der Waals surface area (Å²) in [5.74, 6) is -2.08. The molecule has 1 aromatic carbocycles. The Morgan fingerprint density at radius 1 is 1.38 bits per heavy atom.